The van der Waals surface area contributed by atoms with E-state index in [9.17, 15) is 10.2 Å². The lowest BCUT2D eigenvalue weighted by atomic mass is 10.0. The van der Waals surface area contributed by atoms with Crippen molar-refractivity contribution in [2.24, 2.45) is 5.92 Å². The Labute approximate surface area is 60.3 Å². The van der Waals surface area contributed by atoms with Gasteiger partial charge >= 0.3 is 0 Å². The highest BCUT2D eigenvalue weighted by Crippen LogP contribution is 2.33. The van der Waals surface area contributed by atoms with Crippen LogP contribution < -0.4 is 0 Å². The van der Waals surface area contributed by atoms with Gasteiger partial charge < -0.3 is 15.3 Å². The minimum Gasteiger partial charge on any atom is -0.396 e. The van der Waals surface area contributed by atoms with Crippen molar-refractivity contribution in [1.29, 1.82) is 0 Å². The largest absolute Gasteiger partial charge is 0.396 e. The monoisotopic (exact) mass is 146 g/mol. The van der Waals surface area contributed by atoms with E-state index in [0.29, 0.717) is 12.8 Å². The number of aliphatic hydroxyl groups is 3. The van der Waals surface area contributed by atoms with Crippen molar-refractivity contribution in [2.75, 3.05) is 6.61 Å². The minimum absolute atomic E-state index is 0.0304. The van der Waals surface area contributed by atoms with Crippen LogP contribution in [0.15, 0.2) is 0 Å². The first-order valence-corrected chi connectivity index (χ1v) is 3.56. The van der Waals surface area contributed by atoms with Crippen LogP contribution in [-0.2, 0) is 0 Å². The fourth-order valence-corrected chi connectivity index (χ4v) is 1.59. The van der Waals surface area contributed by atoms with Gasteiger partial charge in [-0.2, -0.15) is 0 Å². The van der Waals surface area contributed by atoms with Gasteiger partial charge in [0.15, 0.2) is 0 Å². The summed E-state index contributed by atoms with van der Waals surface area (Å²) >= 11 is 0. The van der Waals surface area contributed by atoms with Crippen LogP contribution in [0.25, 0.3) is 0 Å². The zero-order chi connectivity index (χ0) is 7.78. The third-order valence-corrected chi connectivity index (χ3v) is 2.13. The molecule has 10 heavy (non-hydrogen) atoms. The second-order valence-electron chi connectivity index (χ2n) is 3.42. The number of rotatable bonds is 1. The van der Waals surface area contributed by atoms with Crippen molar-refractivity contribution in [3.05, 3.63) is 0 Å². The molecule has 0 amide bonds. The van der Waals surface area contributed by atoms with Crippen LogP contribution in [0, 0.1) is 5.92 Å². The predicted octanol–water partition coefficient (Wildman–Crippen LogP) is -0.499. The van der Waals surface area contributed by atoms with Gasteiger partial charge in [-0.05, 0) is 13.3 Å². The minimum atomic E-state index is -0.771. The Hall–Kier alpha value is -0.120. The molecule has 60 valence electrons. The van der Waals surface area contributed by atoms with Crippen molar-refractivity contribution in [3.63, 3.8) is 0 Å². The summed E-state index contributed by atoms with van der Waals surface area (Å²) in [4.78, 5) is 0. The molecular weight excluding hydrogens is 132 g/mol. The van der Waals surface area contributed by atoms with Gasteiger partial charge in [-0.3, -0.25) is 0 Å². The highest BCUT2D eigenvalue weighted by atomic mass is 16.3. The summed E-state index contributed by atoms with van der Waals surface area (Å²) < 4.78 is 0. The smallest absolute Gasteiger partial charge is 0.0649 e. The van der Waals surface area contributed by atoms with Gasteiger partial charge in [-0.15, -0.1) is 0 Å². The van der Waals surface area contributed by atoms with Crippen LogP contribution in [-0.4, -0.2) is 33.6 Å². The maximum Gasteiger partial charge on any atom is 0.0649 e. The van der Waals surface area contributed by atoms with E-state index < -0.39 is 11.7 Å². The molecule has 0 radical (unpaired) electrons. The average molecular weight is 146 g/mol. The normalized spacial score (nSPS) is 48.0. The third kappa shape index (κ3) is 1.48. The van der Waals surface area contributed by atoms with Crippen LogP contribution in [0.2, 0.25) is 0 Å². The van der Waals surface area contributed by atoms with E-state index in [2.05, 4.69) is 0 Å². The van der Waals surface area contributed by atoms with Gasteiger partial charge in [0, 0.05) is 18.9 Å². The summed E-state index contributed by atoms with van der Waals surface area (Å²) in [6.07, 6.45) is 0.364. The maximum atomic E-state index is 9.40. The Morgan fingerprint density at radius 2 is 2.10 bits per heavy atom. The molecule has 0 bridgehead atoms. The van der Waals surface area contributed by atoms with Gasteiger partial charge in [0.25, 0.3) is 0 Å². The second kappa shape index (κ2) is 2.49. The van der Waals surface area contributed by atoms with Crippen LogP contribution in [0.3, 0.4) is 0 Å². The zero-order valence-corrected chi connectivity index (χ0v) is 6.12. The molecule has 1 unspecified atom stereocenters. The van der Waals surface area contributed by atoms with E-state index >= 15 is 0 Å². The number of hydrogen-bond acceptors (Lipinski definition) is 3. The molecule has 3 atom stereocenters. The topological polar surface area (TPSA) is 60.7 Å². The van der Waals surface area contributed by atoms with Crippen LogP contribution in [0.5, 0.6) is 0 Å². The molecule has 0 spiro atoms. The molecule has 3 nitrogen and oxygen atoms in total. The van der Waals surface area contributed by atoms with E-state index in [1.54, 1.807) is 6.92 Å². The van der Waals surface area contributed by atoms with Crippen molar-refractivity contribution in [2.45, 2.75) is 31.5 Å². The summed E-state index contributed by atoms with van der Waals surface area (Å²) in [5, 5.41) is 27.3. The Kier molecular flexibility index (Phi) is 1.99. The van der Waals surface area contributed by atoms with Gasteiger partial charge in [0.2, 0.25) is 0 Å². The molecule has 0 aromatic heterocycles. The molecule has 0 aromatic rings. The van der Waals surface area contributed by atoms with Gasteiger partial charge in [0.05, 0.1) is 11.7 Å². The number of aliphatic hydroxyl groups excluding tert-OH is 2. The van der Waals surface area contributed by atoms with E-state index in [-0.39, 0.29) is 12.5 Å². The van der Waals surface area contributed by atoms with Crippen molar-refractivity contribution in [3.8, 4) is 0 Å². The Balaban J connectivity index is 2.52. The lowest BCUT2D eigenvalue weighted by Crippen LogP contribution is -2.19. The Morgan fingerprint density at radius 1 is 1.50 bits per heavy atom. The predicted molar refractivity (Wildman–Crippen MR) is 36.4 cm³/mol. The summed E-state index contributed by atoms with van der Waals surface area (Å²) in [6, 6.07) is 0. The molecule has 1 saturated carbocycles. The van der Waals surface area contributed by atoms with Crippen molar-refractivity contribution < 1.29 is 15.3 Å². The fourth-order valence-electron chi connectivity index (χ4n) is 1.59. The van der Waals surface area contributed by atoms with Crippen LogP contribution in [0.1, 0.15) is 19.8 Å². The summed E-state index contributed by atoms with van der Waals surface area (Å²) in [5.74, 6) is -0.130. The molecule has 0 heterocycles. The highest BCUT2D eigenvalue weighted by molar-refractivity contribution is 4.91. The third-order valence-electron chi connectivity index (χ3n) is 2.13. The highest BCUT2D eigenvalue weighted by Gasteiger charge is 2.39. The number of hydrogen-bond donors (Lipinski definition) is 3. The summed E-state index contributed by atoms with van der Waals surface area (Å²) in [6.45, 7) is 1.66. The van der Waals surface area contributed by atoms with Gasteiger partial charge in [-0.25, -0.2) is 0 Å². The fraction of sp³-hybridized carbons (Fsp3) is 1.00. The molecule has 1 fully saturated rings. The van der Waals surface area contributed by atoms with E-state index in [0.717, 1.165) is 0 Å². The van der Waals surface area contributed by atoms with Crippen molar-refractivity contribution >= 4 is 0 Å². The molecular formula is C7H14O3. The molecule has 1 rings (SSSR count). The van der Waals surface area contributed by atoms with Crippen molar-refractivity contribution in [1.82, 2.24) is 0 Å². The molecule has 0 saturated heterocycles. The standard InChI is InChI=1S/C7H14O3/c1-7(10)2-5(4-8)6(9)3-7/h5-6,8-10H,2-4H2,1H3/t5-,6+,7?/m0/s1. The van der Waals surface area contributed by atoms with E-state index in [1.807, 2.05) is 0 Å². The average Bonchev–Trinajstić information content (AvgIpc) is 2.05. The first kappa shape index (κ1) is 7.98. The molecule has 1 aliphatic carbocycles. The Bertz CT molecular complexity index is 122. The Morgan fingerprint density at radius 3 is 2.30 bits per heavy atom. The van der Waals surface area contributed by atoms with Crippen LogP contribution >= 0.6 is 0 Å². The quantitative estimate of drug-likeness (QED) is 0.467. The first-order valence-electron chi connectivity index (χ1n) is 3.56. The molecule has 3 N–H and O–H groups in total. The van der Waals surface area contributed by atoms with Gasteiger partial charge in [0.1, 0.15) is 0 Å². The molecule has 3 heteroatoms. The van der Waals surface area contributed by atoms with E-state index in [4.69, 9.17) is 5.11 Å². The molecule has 0 aliphatic heterocycles. The lowest BCUT2D eigenvalue weighted by Gasteiger charge is -2.13. The zero-order valence-electron chi connectivity index (χ0n) is 6.12. The van der Waals surface area contributed by atoms with E-state index in [1.165, 1.54) is 0 Å². The van der Waals surface area contributed by atoms with Crippen LogP contribution in [0.4, 0.5) is 0 Å². The van der Waals surface area contributed by atoms with Gasteiger partial charge in [-0.1, -0.05) is 0 Å². The maximum absolute atomic E-state index is 9.40. The SMILES string of the molecule is CC1(O)C[C@@H](CO)[C@H](O)C1. The molecule has 1 aliphatic rings. The second-order valence-corrected chi connectivity index (χ2v) is 3.42. The summed E-state index contributed by atoms with van der Waals surface area (Å²) in [5.41, 5.74) is -0.771. The molecule has 0 aromatic carbocycles. The summed E-state index contributed by atoms with van der Waals surface area (Å²) in [7, 11) is 0. The first-order chi connectivity index (χ1) is 4.55. The lowest BCUT2D eigenvalue weighted by molar-refractivity contribution is 0.0505.